The third-order valence-electron chi connectivity index (χ3n) is 4.21. The van der Waals surface area contributed by atoms with Gasteiger partial charge in [-0.25, -0.2) is 4.98 Å². The molecule has 8 nitrogen and oxygen atoms in total. The molecule has 172 valence electrons. The fraction of sp³-hybridized carbons (Fsp3) is 0.217. The van der Waals surface area contributed by atoms with Gasteiger partial charge < -0.3 is 14.8 Å². The number of esters is 1. The number of nitrogens with one attached hydrogen (secondary N) is 2. The molecule has 10 heteroatoms. The van der Waals surface area contributed by atoms with E-state index in [1.807, 2.05) is 43.3 Å². The van der Waals surface area contributed by atoms with Gasteiger partial charge in [0.25, 0.3) is 5.91 Å². The molecule has 0 aliphatic heterocycles. The average molecular weight is 531 g/mol. The van der Waals surface area contributed by atoms with Crippen molar-refractivity contribution >= 4 is 56.2 Å². The molecule has 1 amide bonds. The minimum atomic E-state index is -0.319. The van der Waals surface area contributed by atoms with Gasteiger partial charge in [0.15, 0.2) is 6.61 Å². The van der Waals surface area contributed by atoms with Gasteiger partial charge in [0, 0.05) is 21.1 Å². The van der Waals surface area contributed by atoms with Crippen LogP contribution in [0.3, 0.4) is 0 Å². The first-order chi connectivity index (χ1) is 15.9. The van der Waals surface area contributed by atoms with Crippen molar-refractivity contribution in [3.8, 4) is 5.75 Å². The zero-order chi connectivity index (χ0) is 23.6. The van der Waals surface area contributed by atoms with Crippen LogP contribution in [0.2, 0.25) is 0 Å². The highest BCUT2D eigenvalue weighted by Crippen LogP contribution is 2.22. The third kappa shape index (κ3) is 7.99. The molecule has 3 rings (SSSR count). The van der Waals surface area contributed by atoms with Crippen LogP contribution in [0.1, 0.15) is 23.7 Å². The lowest BCUT2D eigenvalue weighted by Gasteiger charge is -2.10. The van der Waals surface area contributed by atoms with E-state index in [1.54, 1.807) is 24.6 Å². The van der Waals surface area contributed by atoms with Crippen molar-refractivity contribution in [2.45, 2.75) is 20.3 Å². The van der Waals surface area contributed by atoms with Crippen molar-refractivity contribution in [3.05, 3.63) is 69.1 Å². The van der Waals surface area contributed by atoms with E-state index in [2.05, 4.69) is 36.8 Å². The number of halogens is 1. The average Bonchev–Trinajstić information content (AvgIpc) is 3.22. The van der Waals surface area contributed by atoms with Gasteiger partial charge in [-0.05, 0) is 44.2 Å². The smallest absolute Gasteiger partial charge is 0.311 e. The Balaban J connectivity index is 1.57. The predicted molar refractivity (Wildman–Crippen MR) is 133 cm³/mol. The van der Waals surface area contributed by atoms with E-state index in [9.17, 15) is 9.59 Å². The summed E-state index contributed by atoms with van der Waals surface area (Å²) in [5.41, 5.74) is 5.95. The second-order valence-corrected chi connectivity index (χ2v) is 8.65. The molecule has 2 aromatic carbocycles. The second kappa shape index (κ2) is 12.1. The zero-order valence-electron chi connectivity index (χ0n) is 18.1. The molecule has 1 heterocycles. The highest BCUT2D eigenvalue weighted by molar-refractivity contribution is 9.10. The van der Waals surface area contributed by atoms with E-state index in [0.717, 1.165) is 10.0 Å². The fourth-order valence-electron chi connectivity index (χ4n) is 2.69. The summed E-state index contributed by atoms with van der Waals surface area (Å²) in [5, 5.41) is 9.32. The number of hydrogen-bond donors (Lipinski definition) is 2. The number of aromatic nitrogens is 1. The fourth-order valence-corrected chi connectivity index (χ4v) is 3.72. The Labute approximate surface area is 204 Å². The number of carbonyl (C=O) groups is 2. The molecule has 0 radical (unpaired) electrons. The summed E-state index contributed by atoms with van der Waals surface area (Å²) in [6.45, 7) is 3.94. The number of aryl methyl sites for hydroxylation is 1. The standard InChI is InChI=1S/C23H23BrN4O4S/c1-3-31-22(30)11-19-14-33-23(27-19)28-25-12-16-10-17(24)6-9-20(16)32-13-21(29)26-18-7-4-15(2)5-8-18/h4-10,12,14H,3,11,13H2,1-2H3,(H,26,29)(H,27,28). The molecule has 0 aliphatic carbocycles. The van der Waals surface area contributed by atoms with Crippen molar-refractivity contribution in [1.29, 1.82) is 0 Å². The van der Waals surface area contributed by atoms with Crippen LogP contribution >= 0.6 is 27.3 Å². The Morgan fingerprint density at radius 1 is 1.21 bits per heavy atom. The van der Waals surface area contributed by atoms with Crippen molar-refractivity contribution in [1.82, 2.24) is 4.98 Å². The van der Waals surface area contributed by atoms with Crippen molar-refractivity contribution in [2.75, 3.05) is 24.0 Å². The number of ether oxygens (including phenoxy) is 2. The van der Waals surface area contributed by atoms with Crippen LogP contribution in [0, 0.1) is 6.92 Å². The maximum absolute atomic E-state index is 12.2. The number of rotatable bonds is 10. The first-order valence-corrected chi connectivity index (χ1v) is 11.8. The van der Waals surface area contributed by atoms with Crippen molar-refractivity contribution in [3.63, 3.8) is 0 Å². The van der Waals surface area contributed by atoms with E-state index in [0.29, 0.717) is 34.4 Å². The van der Waals surface area contributed by atoms with Crippen LogP contribution in [0.4, 0.5) is 10.8 Å². The number of amides is 1. The van der Waals surface area contributed by atoms with Gasteiger partial charge >= 0.3 is 5.97 Å². The molecule has 0 bridgehead atoms. The lowest BCUT2D eigenvalue weighted by molar-refractivity contribution is -0.142. The number of thiazole rings is 1. The quantitative estimate of drug-likeness (QED) is 0.222. The number of nitrogens with zero attached hydrogens (tertiary/aromatic N) is 2. The Hall–Kier alpha value is -3.24. The van der Waals surface area contributed by atoms with Gasteiger partial charge in [-0.1, -0.05) is 33.6 Å². The summed E-state index contributed by atoms with van der Waals surface area (Å²) in [6, 6.07) is 12.9. The Kier molecular flexibility index (Phi) is 8.96. The molecule has 0 spiro atoms. The Morgan fingerprint density at radius 2 is 2.00 bits per heavy atom. The predicted octanol–water partition coefficient (Wildman–Crippen LogP) is 4.78. The monoisotopic (exact) mass is 530 g/mol. The van der Waals surface area contributed by atoms with Crippen molar-refractivity contribution < 1.29 is 19.1 Å². The SMILES string of the molecule is CCOC(=O)Cc1csc(NN=Cc2cc(Br)ccc2OCC(=O)Nc2ccc(C)cc2)n1. The first kappa shape index (κ1) is 24.4. The third-order valence-corrected chi connectivity index (χ3v) is 5.50. The molecule has 1 aromatic heterocycles. The number of hydrazone groups is 1. The Bertz CT molecular complexity index is 1130. The summed E-state index contributed by atoms with van der Waals surface area (Å²) in [5.74, 6) is -0.0789. The highest BCUT2D eigenvalue weighted by atomic mass is 79.9. The Morgan fingerprint density at radius 3 is 2.76 bits per heavy atom. The molecular formula is C23H23BrN4O4S. The molecular weight excluding hydrogens is 508 g/mol. The van der Waals surface area contributed by atoms with Gasteiger partial charge in [-0.15, -0.1) is 11.3 Å². The maximum atomic E-state index is 12.2. The summed E-state index contributed by atoms with van der Waals surface area (Å²) < 4.78 is 11.5. The van der Waals surface area contributed by atoms with Gasteiger partial charge in [-0.3, -0.25) is 15.0 Å². The highest BCUT2D eigenvalue weighted by Gasteiger charge is 2.09. The molecule has 0 saturated heterocycles. The molecule has 0 atom stereocenters. The first-order valence-electron chi connectivity index (χ1n) is 10.1. The van der Waals surface area contributed by atoms with Gasteiger partial charge in [0.1, 0.15) is 5.75 Å². The normalized spacial score (nSPS) is 10.8. The lowest BCUT2D eigenvalue weighted by Crippen LogP contribution is -2.20. The lowest BCUT2D eigenvalue weighted by atomic mass is 10.2. The molecule has 0 fully saturated rings. The van der Waals surface area contributed by atoms with Crippen LogP contribution in [0.25, 0.3) is 0 Å². The number of benzene rings is 2. The van der Waals surface area contributed by atoms with E-state index in [4.69, 9.17) is 9.47 Å². The summed E-state index contributed by atoms with van der Waals surface area (Å²) in [7, 11) is 0. The molecule has 0 saturated carbocycles. The van der Waals surface area contributed by atoms with Crippen molar-refractivity contribution in [2.24, 2.45) is 5.10 Å². The van der Waals surface area contributed by atoms with Gasteiger partial charge in [-0.2, -0.15) is 5.10 Å². The minimum absolute atomic E-state index is 0.115. The largest absolute Gasteiger partial charge is 0.483 e. The number of hydrogen-bond acceptors (Lipinski definition) is 8. The van der Waals surface area contributed by atoms with Gasteiger partial charge in [0.05, 0.1) is 24.9 Å². The second-order valence-electron chi connectivity index (χ2n) is 6.88. The van der Waals surface area contributed by atoms with Crippen LogP contribution in [-0.2, 0) is 20.7 Å². The van der Waals surface area contributed by atoms with E-state index < -0.39 is 0 Å². The molecule has 3 aromatic rings. The van der Waals surface area contributed by atoms with Gasteiger partial charge in [0.2, 0.25) is 5.13 Å². The van der Waals surface area contributed by atoms with E-state index >= 15 is 0 Å². The summed E-state index contributed by atoms with van der Waals surface area (Å²) in [6.07, 6.45) is 1.69. The van der Waals surface area contributed by atoms with E-state index in [-0.39, 0.29) is 24.9 Å². The molecule has 0 aliphatic rings. The van der Waals surface area contributed by atoms with Crippen LogP contribution < -0.4 is 15.5 Å². The number of carbonyl (C=O) groups excluding carboxylic acids is 2. The zero-order valence-corrected chi connectivity index (χ0v) is 20.5. The minimum Gasteiger partial charge on any atom is -0.483 e. The summed E-state index contributed by atoms with van der Waals surface area (Å²) >= 11 is 4.76. The van der Waals surface area contributed by atoms with Crippen LogP contribution in [-0.4, -0.2) is 36.3 Å². The topological polar surface area (TPSA) is 102 Å². The van der Waals surface area contributed by atoms with E-state index in [1.165, 1.54) is 11.3 Å². The van der Waals surface area contributed by atoms with Crippen LogP contribution in [0.5, 0.6) is 5.75 Å². The van der Waals surface area contributed by atoms with Crippen LogP contribution in [0.15, 0.2) is 57.4 Å². The maximum Gasteiger partial charge on any atom is 0.311 e. The summed E-state index contributed by atoms with van der Waals surface area (Å²) in [4.78, 5) is 28.1. The number of anilines is 2. The molecule has 2 N–H and O–H groups in total. The molecule has 0 unspecified atom stereocenters. The molecule has 33 heavy (non-hydrogen) atoms.